The quantitative estimate of drug-likeness (QED) is 0.114. The molecular formula is C27H31NO5. The summed E-state index contributed by atoms with van der Waals surface area (Å²) in [5.41, 5.74) is -0.0392. The van der Waals surface area contributed by atoms with Crippen LogP contribution in [0, 0.1) is 11.3 Å². The Morgan fingerprint density at radius 1 is 1.06 bits per heavy atom. The first-order chi connectivity index (χ1) is 15.9. The fourth-order valence-corrected chi connectivity index (χ4v) is 3.89. The molecule has 0 radical (unpaired) electrons. The van der Waals surface area contributed by atoms with E-state index in [1.54, 1.807) is 20.1 Å². The molecule has 0 bridgehead atoms. The molecule has 1 unspecified atom stereocenters. The van der Waals surface area contributed by atoms with E-state index >= 15 is 0 Å². The number of fused-ring (bicyclic) bond motifs is 2. The first kappa shape index (κ1) is 24.4. The van der Waals surface area contributed by atoms with Gasteiger partial charge in [0.1, 0.15) is 0 Å². The minimum atomic E-state index is -0.922. The van der Waals surface area contributed by atoms with Crippen LogP contribution in [0.15, 0.2) is 59.8 Å². The van der Waals surface area contributed by atoms with Crippen LogP contribution >= 0.6 is 0 Å². The van der Waals surface area contributed by atoms with Gasteiger partial charge in [-0.25, -0.2) is 4.79 Å². The number of carbonyl (C=O) groups excluding carboxylic acids is 2. The molecule has 0 aliphatic heterocycles. The molecule has 174 valence electrons. The maximum absolute atomic E-state index is 12.8. The maximum Gasteiger partial charge on any atom is 0.340 e. The first-order valence-corrected chi connectivity index (χ1v) is 11.3. The van der Waals surface area contributed by atoms with Crippen LogP contribution in [0.1, 0.15) is 45.6 Å². The maximum atomic E-state index is 12.8. The number of benzene rings is 3. The highest BCUT2D eigenvalue weighted by Gasteiger charge is 2.35. The zero-order valence-corrected chi connectivity index (χ0v) is 19.4. The number of hydrogen-bond donors (Lipinski definition) is 1. The van der Waals surface area contributed by atoms with Gasteiger partial charge in [-0.15, -0.1) is 0 Å². The molecule has 3 rings (SSSR count). The molecule has 0 aromatic heterocycles. The number of carbonyl (C=O) groups is 2. The van der Waals surface area contributed by atoms with Crippen LogP contribution in [-0.4, -0.2) is 36.5 Å². The molecule has 3 aromatic carbocycles. The van der Waals surface area contributed by atoms with Gasteiger partial charge >= 0.3 is 11.9 Å². The lowest BCUT2D eigenvalue weighted by molar-refractivity contribution is -0.158. The van der Waals surface area contributed by atoms with Gasteiger partial charge in [0.25, 0.3) is 0 Å². The Bertz CT molecular complexity index is 1100. The summed E-state index contributed by atoms with van der Waals surface area (Å²) in [5, 5.41) is 17.1. The van der Waals surface area contributed by atoms with Crippen molar-refractivity contribution in [3.05, 3.63) is 60.2 Å². The van der Waals surface area contributed by atoms with Gasteiger partial charge < -0.3 is 14.7 Å². The molecule has 0 heterocycles. The first-order valence-electron chi connectivity index (χ1n) is 11.3. The number of aliphatic hydroxyl groups excluding tert-OH is 1. The second-order valence-corrected chi connectivity index (χ2v) is 8.78. The van der Waals surface area contributed by atoms with E-state index in [4.69, 9.17) is 14.7 Å². The second-order valence-electron chi connectivity index (χ2n) is 8.78. The molecule has 0 fully saturated rings. The fourth-order valence-electron chi connectivity index (χ4n) is 3.89. The predicted molar refractivity (Wildman–Crippen MR) is 130 cm³/mol. The minimum Gasteiger partial charge on any atom is -0.465 e. The Morgan fingerprint density at radius 3 is 2.24 bits per heavy atom. The lowest BCUT2D eigenvalue weighted by atomic mass is 9.82. The van der Waals surface area contributed by atoms with Gasteiger partial charge in [-0.1, -0.05) is 60.6 Å². The van der Waals surface area contributed by atoms with Crippen molar-refractivity contribution in [2.24, 2.45) is 16.5 Å². The van der Waals surface area contributed by atoms with Gasteiger partial charge in [0.05, 0.1) is 24.2 Å². The van der Waals surface area contributed by atoms with Crippen molar-refractivity contribution in [3.8, 4) is 0 Å². The standard InChI is InChI=1S/C27H31NO5/c1-4-19(25(30)32-15-9-14-29)17-27(2,3)26(31)33-28-18-24-22-12-7-5-10-20(22)16-21-11-6-8-13-23(21)24/h5-8,10-13,16,18-19,29H,4,9,14-15,17H2,1-3H3. The van der Waals surface area contributed by atoms with E-state index in [0.717, 1.165) is 27.1 Å². The molecular weight excluding hydrogens is 418 g/mol. The Labute approximate surface area is 194 Å². The molecule has 0 aliphatic rings. The summed E-state index contributed by atoms with van der Waals surface area (Å²) >= 11 is 0. The third-order valence-corrected chi connectivity index (χ3v) is 5.81. The van der Waals surface area contributed by atoms with E-state index in [0.29, 0.717) is 12.8 Å². The Balaban J connectivity index is 1.75. The molecule has 0 saturated heterocycles. The van der Waals surface area contributed by atoms with Crippen LogP contribution in [0.3, 0.4) is 0 Å². The van der Waals surface area contributed by atoms with E-state index in [2.05, 4.69) is 11.2 Å². The molecule has 0 spiro atoms. The summed E-state index contributed by atoms with van der Waals surface area (Å²) in [4.78, 5) is 30.4. The topological polar surface area (TPSA) is 85.2 Å². The number of nitrogens with zero attached hydrogens (tertiary/aromatic N) is 1. The van der Waals surface area contributed by atoms with Crippen LogP contribution in [0.4, 0.5) is 0 Å². The number of ether oxygens (including phenoxy) is 1. The lowest BCUT2D eigenvalue weighted by Gasteiger charge is -2.25. The molecule has 3 aromatic rings. The van der Waals surface area contributed by atoms with Gasteiger partial charge in [0, 0.05) is 18.6 Å². The summed E-state index contributed by atoms with van der Waals surface area (Å²) in [6.45, 7) is 5.48. The van der Waals surface area contributed by atoms with Crippen molar-refractivity contribution < 1.29 is 24.3 Å². The molecule has 1 atom stereocenters. The Kier molecular flexibility index (Phi) is 8.17. The van der Waals surface area contributed by atoms with Crippen LogP contribution in [0.25, 0.3) is 21.5 Å². The van der Waals surface area contributed by atoms with Crippen LogP contribution in [0.2, 0.25) is 0 Å². The summed E-state index contributed by atoms with van der Waals surface area (Å²) < 4.78 is 5.20. The summed E-state index contributed by atoms with van der Waals surface area (Å²) in [7, 11) is 0. The number of esters is 1. The summed E-state index contributed by atoms with van der Waals surface area (Å²) in [6.07, 6.45) is 2.80. The zero-order valence-electron chi connectivity index (χ0n) is 19.4. The number of hydrogen-bond acceptors (Lipinski definition) is 6. The number of oxime groups is 1. The average molecular weight is 450 g/mol. The Hall–Kier alpha value is -3.25. The van der Waals surface area contributed by atoms with Gasteiger partial charge in [-0.3, -0.25) is 4.79 Å². The van der Waals surface area contributed by atoms with E-state index in [9.17, 15) is 9.59 Å². The SMILES string of the molecule is CCC(CC(C)(C)C(=O)ON=Cc1c2ccccc2cc2ccccc12)C(=O)OCCCO. The Morgan fingerprint density at radius 2 is 1.67 bits per heavy atom. The van der Waals surface area contributed by atoms with Crippen LogP contribution in [0.5, 0.6) is 0 Å². The van der Waals surface area contributed by atoms with Crippen molar-refractivity contribution in [1.82, 2.24) is 0 Å². The van der Waals surface area contributed by atoms with Gasteiger partial charge in [0.15, 0.2) is 0 Å². The van der Waals surface area contributed by atoms with Crippen molar-refractivity contribution in [2.45, 2.75) is 40.0 Å². The van der Waals surface area contributed by atoms with Crippen molar-refractivity contribution in [3.63, 3.8) is 0 Å². The smallest absolute Gasteiger partial charge is 0.340 e. The van der Waals surface area contributed by atoms with Crippen LogP contribution < -0.4 is 0 Å². The van der Waals surface area contributed by atoms with Gasteiger partial charge in [-0.2, -0.15) is 0 Å². The van der Waals surface area contributed by atoms with Crippen molar-refractivity contribution in [2.75, 3.05) is 13.2 Å². The minimum absolute atomic E-state index is 0.0358. The molecule has 0 aliphatic carbocycles. The normalized spacial score (nSPS) is 12.8. The molecule has 33 heavy (non-hydrogen) atoms. The molecule has 0 saturated carbocycles. The zero-order chi connectivity index (χ0) is 23.8. The number of rotatable bonds is 10. The highest BCUT2D eigenvalue weighted by atomic mass is 16.7. The monoisotopic (exact) mass is 449 g/mol. The summed E-state index contributed by atoms with van der Waals surface area (Å²) in [6, 6.07) is 18.1. The third-order valence-electron chi connectivity index (χ3n) is 5.81. The van der Waals surface area contributed by atoms with Crippen molar-refractivity contribution in [1.29, 1.82) is 0 Å². The van der Waals surface area contributed by atoms with Crippen molar-refractivity contribution >= 4 is 39.7 Å². The second kappa shape index (κ2) is 11.1. The largest absolute Gasteiger partial charge is 0.465 e. The van der Waals surface area contributed by atoms with E-state index in [-0.39, 0.29) is 25.6 Å². The highest BCUT2D eigenvalue weighted by Crippen LogP contribution is 2.30. The molecule has 1 N–H and O–H groups in total. The summed E-state index contributed by atoms with van der Waals surface area (Å²) in [5.74, 6) is -1.31. The third kappa shape index (κ3) is 5.96. The predicted octanol–water partition coefficient (Wildman–Crippen LogP) is 5.24. The fraction of sp³-hybridized carbons (Fsp3) is 0.370. The van der Waals surface area contributed by atoms with Gasteiger partial charge in [-0.05, 0) is 54.3 Å². The lowest BCUT2D eigenvalue weighted by Crippen LogP contribution is -2.31. The van der Waals surface area contributed by atoms with E-state index in [1.165, 1.54) is 0 Å². The van der Waals surface area contributed by atoms with Crippen LogP contribution in [-0.2, 0) is 19.2 Å². The average Bonchev–Trinajstić information content (AvgIpc) is 2.82. The molecule has 6 nitrogen and oxygen atoms in total. The van der Waals surface area contributed by atoms with Gasteiger partial charge in [0.2, 0.25) is 0 Å². The molecule has 6 heteroatoms. The van der Waals surface area contributed by atoms with E-state index in [1.807, 2.05) is 55.5 Å². The van der Waals surface area contributed by atoms with E-state index < -0.39 is 17.3 Å². The highest BCUT2D eigenvalue weighted by molar-refractivity contribution is 6.13. The molecule has 0 amide bonds. The number of aliphatic hydroxyl groups is 1.